The molecule has 1 atom stereocenters. The maximum absolute atomic E-state index is 9.21. The first-order valence-electron chi connectivity index (χ1n) is 4.77. The lowest BCUT2D eigenvalue weighted by molar-refractivity contribution is 0.129. The van der Waals surface area contributed by atoms with Gasteiger partial charge in [-0.15, -0.1) is 0 Å². The van der Waals surface area contributed by atoms with Crippen molar-refractivity contribution < 1.29 is 5.11 Å². The molecule has 72 valence electrons. The molecule has 0 unspecified atom stereocenters. The van der Waals surface area contributed by atoms with Crippen molar-refractivity contribution >= 4 is 0 Å². The highest BCUT2D eigenvalue weighted by atomic mass is 16.3. The minimum atomic E-state index is -0.187. The highest BCUT2D eigenvalue weighted by Crippen LogP contribution is 2.01. The van der Waals surface area contributed by atoms with Crippen LogP contribution in [0.4, 0.5) is 0 Å². The minimum Gasteiger partial charge on any atom is -0.392 e. The van der Waals surface area contributed by atoms with Gasteiger partial charge >= 0.3 is 0 Å². The molecule has 0 aromatic carbocycles. The topological polar surface area (TPSA) is 26.7 Å². The molecule has 1 saturated heterocycles. The predicted octanol–water partition coefficient (Wildman–Crippen LogP) is 0.00470. The van der Waals surface area contributed by atoms with Crippen molar-refractivity contribution in [2.24, 2.45) is 0 Å². The predicted molar refractivity (Wildman–Crippen MR) is 50.2 cm³/mol. The van der Waals surface area contributed by atoms with Crippen molar-refractivity contribution in [1.82, 2.24) is 9.80 Å². The summed E-state index contributed by atoms with van der Waals surface area (Å²) in [6.07, 6.45) is 1.04. The van der Waals surface area contributed by atoms with E-state index in [0.717, 1.165) is 26.2 Å². The third-order valence-corrected chi connectivity index (χ3v) is 2.33. The second-order valence-electron chi connectivity index (χ2n) is 3.81. The fourth-order valence-corrected chi connectivity index (χ4v) is 1.66. The van der Waals surface area contributed by atoms with E-state index in [4.69, 9.17) is 0 Å². The monoisotopic (exact) mass is 172 g/mol. The first-order valence-corrected chi connectivity index (χ1v) is 4.77. The minimum absolute atomic E-state index is 0.187. The van der Waals surface area contributed by atoms with E-state index in [1.807, 2.05) is 6.92 Å². The molecule has 3 nitrogen and oxygen atoms in total. The Morgan fingerprint density at radius 3 is 2.67 bits per heavy atom. The number of aliphatic hydroxyl groups is 1. The smallest absolute Gasteiger partial charge is 0.0639 e. The third-order valence-electron chi connectivity index (χ3n) is 2.33. The SMILES string of the molecule is C[C@H](O)CN1CCCN(C)CC1. The molecule has 0 saturated carbocycles. The van der Waals surface area contributed by atoms with Crippen molar-refractivity contribution in [2.45, 2.75) is 19.4 Å². The fraction of sp³-hybridized carbons (Fsp3) is 1.00. The molecule has 1 fully saturated rings. The number of hydrogen-bond acceptors (Lipinski definition) is 3. The number of rotatable bonds is 2. The Labute approximate surface area is 75.0 Å². The number of likely N-dealkylation sites (N-methyl/N-ethyl adjacent to an activating group) is 1. The average Bonchev–Trinajstić information content (AvgIpc) is 2.15. The summed E-state index contributed by atoms with van der Waals surface area (Å²) in [5, 5.41) is 9.21. The average molecular weight is 172 g/mol. The van der Waals surface area contributed by atoms with Crippen molar-refractivity contribution in [3.63, 3.8) is 0 Å². The summed E-state index contributed by atoms with van der Waals surface area (Å²) in [5.74, 6) is 0. The molecular formula is C9H20N2O. The molecule has 1 aliphatic rings. The summed E-state index contributed by atoms with van der Waals surface area (Å²) in [6.45, 7) is 7.24. The Morgan fingerprint density at radius 1 is 1.25 bits per heavy atom. The van der Waals surface area contributed by atoms with Gasteiger partial charge < -0.3 is 10.0 Å². The van der Waals surface area contributed by atoms with Gasteiger partial charge in [-0.05, 0) is 33.5 Å². The number of nitrogens with zero attached hydrogens (tertiary/aromatic N) is 2. The Bertz CT molecular complexity index is 128. The molecule has 0 aliphatic carbocycles. The molecule has 1 heterocycles. The summed E-state index contributed by atoms with van der Waals surface area (Å²) in [7, 11) is 2.16. The normalized spacial score (nSPS) is 25.2. The zero-order valence-corrected chi connectivity index (χ0v) is 8.16. The van der Waals surface area contributed by atoms with Gasteiger partial charge in [0.2, 0.25) is 0 Å². The molecule has 12 heavy (non-hydrogen) atoms. The Hall–Kier alpha value is -0.120. The Morgan fingerprint density at radius 2 is 2.00 bits per heavy atom. The van der Waals surface area contributed by atoms with Crippen LogP contribution in [0.25, 0.3) is 0 Å². The maximum atomic E-state index is 9.21. The van der Waals surface area contributed by atoms with Gasteiger partial charge in [0.15, 0.2) is 0 Å². The summed E-state index contributed by atoms with van der Waals surface area (Å²) < 4.78 is 0. The molecule has 1 aliphatic heterocycles. The van der Waals surface area contributed by atoms with E-state index >= 15 is 0 Å². The van der Waals surface area contributed by atoms with Crippen LogP contribution in [0.5, 0.6) is 0 Å². The molecular weight excluding hydrogens is 152 g/mol. The van der Waals surface area contributed by atoms with Crippen LogP contribution in [0.1, 0.15) is 13.3 Å². The number of β-amino-alcohol motifs (C(OH)–C–C–N with tert-alkyl or cyclic N) is 1. The Kier molecular flexibility index (Phi) is 3.98. The molecule has 0 aromatic rings. The summed E-state index contributed by atoms with van der Waals surface area (Å²) in [6, 6.07) is 0. The molecule has 3 heteroatoms. The highest BCUT2D eigenvalue weighted by Gasteiger charge is 2.12. The Balaban J connectivity index is 2.26. The van der Waals surface area contributed by atoms with Crippen LogP contribution in [-0.4, -0.2) is 60.8 Å². The maximum Gasteiger partial charge on any atom is 0.0639 e. The van der Waals surface area contributed by atoms with Crippen LogP contribution in [0.3, 0.4) is 0 Å². The van der Waals surface area contributed by atoms with E-state index in [1.54, 1.807) is 0 Å². The van der Waals surface area contributed by atoms with Crippen LogP contribution in [0.15, 0.2) is 0 Å². The van der Waals surface area contributed by atoms with Crippen LogP contribution in [0.2, 0.25) is 0 Å². The van der Waals surface area contributed by atoms with Gasteiger partial charge in [-0.25, -0.2) is 0 Å². The van der Waals surface area contributed by atoms with Crippen molar-refractivity contribution in [3.8, 4) is 0 Å². The van der Waals surface area contributed by atoms with Gasteiger partial charge in [0.05, 0.1) is 6.10 Å². The molecule has 1 N–H and O–H groups in total. The zero-order chi connectivity index (χ0) is 8.97. The summed E-state index contributed by atoms with van der Waals surface area (Å²) >= 11 is 0. The van der Waals surface area contributed by atoms with Crippen LogP contribution in [0, 0.1) is 0 Å². The molecule has 1 rings (SSSR count). The molecule has 0 amide bonds. The molecule has 0 aromatic heterocycles. The van der Waals surface area contributed by atoms with E-state index in [9.17, 15) is 5.11 Å². The van der Waals surface area contributed by atoms with Gasteiger partial charge in [0, 0.05) is 19.6 Å². The van der Waals surface area contributed by atoms with Crippen molar-refractivity contribution in [3.05, 3.63) is 0 Å². The first kappa shape index (κ1) is 9.96. The summed E-state index contributed by atoms with van der Waals surface area (Å²) in [5.41, 5.74) is 0. The lowest BCUT2D eigenvalue weighted by Gasteiger charge is -2.21. The number of aliphatic hydroxyl groups excluding tert-OH is 1. The van der Waals surface area contributed by atoms with Gasteiger partial charge in [0.25, 0.3) is 0 Å². The highest BCUT2D eigenvalue weighted by molar-refractivity contribution is 4.68. The van der Waals surface area contributed by atoms with Gasteiger partial charge in [-0.3, -0.25) is 4.90 Å². The largest absolute Gasteiger partial charge is 0.392 e. The second-order valence-corrected chi connectivity index (χ2v) is 3.81. The van der Waals surface area contributed by atoms with Crippen molar-refractivity contribution in [2.75, 3.05) is 39.8 Å². The first-order chi connectivity index (χ1) is 5.68. The molecule has 0 bridgehead atoms. The van der Waals surface area contributed by atoms with Crippen LogP contribution >= 0.6 is 0 Å². The van der Waals surface area contributed by atoms with Gasteiger partial charge in [0.1, 0.15) is 0 Å². The third kappa shape index (κ3) is 3.52. The van der Waals surface area contributed by atoms with E-state index < -0.39 is 0 Å². The van der Waals surface area contributed by atoms with Crippen LogP contribution < -0.4 is 0 Å². The molecule has 0 spiro atoms. The van der Waals surface area contributed by atoms with E-state index in [2.05, 4.69) is 16.8 Å². The fourth-order valence-electron chi connectivity index (χ4n) is 1.66. The summed E-state index contributed by atoms with van der Waals surface area (Å²) in [4.78, 5) is 4.69. The van der Waals surface area contributed by atoms with E-state index in [-0.39, 0.29) is 6.10 Å². The van der Waals surface area contributed by atoms with Crippen LogP contribution in [-0.2, 0) is 0 Å². The standard InChI is InChI=1S/C9H20N2O/c1-9(12)8-11-5-3-4-10(2)6-7-11/h9,12H,3-8H2,1-2H3/t9-/m0/s1. The quantitative estimate of drug-likeness (QED) is 0.635. The molecule has 0 radical (unpaired) electrons. The van der Waals surface area contributed by atoms with E-state index in [0.29, 0.717) is 0 Å². The second kappa shape index (κ2) is 4.80. The van der Waals surface area contributed by atoms with Gasteiger partial charge in [-0.2, -0.15) is 0 Å². The number of hydrogen-bond donors (Lipinski definition) is 1. The lowest BCUT2D eigenvalue weighted by atomic mass is 10.3. The van der Waals surface area contributed by atoms with Gasteiger partial charge in [-0.1, -0.05) is 0 Å². The zero-order valence-electron chi connectivity index (χ0n) is 8.16. The van der Waals surface area contributed by atoms with E-state index in [1.165, 1.54) is 13.0 Å². The van der Waals surface area contributed by atoms with Crippen molar-refractivity contribution in [1.29, 1.82) is 0 Å². The lowest BCUT2D eigenvalue weighted by Crippen LogP contribution is -2.34.